The molecule has 29 heavy (non-hydrogen) atoms. The number of fused-ring (bicyclic) bond motifs is 1. The predicted octanol–water partition coefficient (Wildman–Crippen LogP) is 2.02. The SMILES string of the molecule is CN(C)S(=O)(=O)c1cc(C(=O)N2CCCC2c2cccc3c2OCCO3)n(C)c1. The first-order chi connectivity index (χ1) is 13.8. The zero-order chi connectivity index (χ0) is 20.8. The van der Waals surface area contributed by atoms with Gasteiger partial charge >= 0.3 is 0 Å². The highest BCUT2D eigenvalue weighted by Crippen LogP contribution is 2.43. The number of nitrogens with zero attached hydrogens (tertiary/aromatic N) is 3. The van der Waals surface area contributed by atoms with Gasteiger partial charge in [0, 0.05) is 39.4 Å². The molecule has 0 saturated carbocycles. The fourth-order valence-electron chi connectivity index (χ4n) is 3.94. The second-order valence-corrected chi connectivity index (χ2v) is 9.64. The van der Waals surface area contributed by atoms with E-state index < -0.39 is 10.0 Å². The van der Waals surface area contributed by atoms with Crippen LogP contribution in [0.5, 0.6) is 11.5 Å². The Hall–Kier alpha value is -2.52. The molecule has 4 rings (SSSR count). The molecule has 8 nitrogen and oxygen atoms in total. The molecule has 0 N–H and O–H groups in total. The van der Waals surface area contributed by atoms with E-state index in [4.69, 9.17) is 9.47 Å². The summed E-state index contributed by atoms with van der Waals surface area (Å²) in [4.78, 5) is 15.3. The molecule has 1 atom stereocenters. The molecule has 2 aromatic rings. The molecule has 2 aliphatic rings. The minimum atomic E-state index is -3.61. The molecule has 0 bridgehead atoms. The van der Waals surface area contributed by atoms with Crippen molar-refractivity contribution in [2.45, 2.75) is 23.8 Å². The molecule has 0 radical (unpaired) electrons. The van der Waals surface area contributed by atoms with Gasteiger partial charge in [0.1, 0.15) is 23.8 Å². The summed E-state index contributed by atoms with van der Waals surface area (Å²) in [6, 6.07) is 7.06. The minimum Gasteiger partial charge on any atom is -0.486 e. The van der Waals surface area contributed by atoms with Crippen molar-refractivity contribution < 1.29 is 22.7 Å². The Kier molecular flexibility index (Phi) is 5.04. The Bertz CT molecular complexity index is 1040. The third-order valence-electron chi connectivity index (χ3n) is 5.45. The normalized spacial score (nSPS) is 19.0. The molecule has 1 aromatic heterocycles. The average molecular weight is 420 g/mol. The average Bonchev–Trinajstić information content (AvgIpc) is 3.34. The summed E-state index contributed by atoms with van der Waals surface area (Å²) in [7, 11) is 1.03. The number of rotatable bonds is 4. The van der Waals surface area contributed by atoms with Gasteiger partial charge in [-0.2, -0.15) is 0 Å². The fraction of sp³-hybridized carbons (Fsp3) is 0.450. The van der Waals surface area contributed by atoms with Gasteiger partial charge in [-0.15, -0.1) is 0 Å². The summed E-state index contributed by atoms with van der Waals surface area (Å²) in [5.41, 5.74) is 1.28. The Balaban J connectivity index is 1.67. The number of carbonyl (C=O) groups excluding carboxylic acids is 1. The first-order valence-electron chi connectivity index (χ1n) is 9.59. The molecule has 156 valence electrons. The fourth-order valence-corrected chi connectivity index (χ4v) is 4.91. The van der Waals surface area contributed by atoms with Crippen molar-refractivity contribution in [2.75, 3.05) is 33.9 Å². The molecular formula is C20H25N3O5S. The van der Waals surface area contributed by atoms with E-state index in [0.717, 1.165) is 22.7 Å². The number of aromatic nitrogens is 1. The second kappa shape index (κ2) is 7.38. The van der Waals surface area contributed by atoms with Gasteiger partial charge in [0.05, 0.1) is 6.04 Å². The molecule has 9 heteroatoms. The highest BCUT2D eigenvalue weighted by atomic mass is 32.2. The molecule has 1 amide bonds. The van der Waals surface area contributed by atoms with Crippen molar-refractivity contribution in [1.82, 2.24) is 13.8 Å². The number of hydrogen-bond donors (Lipinski definition) is 0. The molecule has 2 aliphatic heterocycles. The lowest BCUT2D eigenvalue weighted by Crippen LogP contribution is -2.32. The van der Waals surface area contributed by atoms with Crippen LogP contribution < -0.4 is 9.47 Å². The van der Waals surface area contributed by atoms with Crippen LogP contribution in [0.25, 0.3) is 0 Å². The van der Waals surface area contributed by atoms with Crippen LogP contribution in [0, 0.1) is 0 Å². The van der Waals surface area contributed by atoms with Gasteiger partial charge in [-0.1, -0.05) is 12.1 Å². The molecular weight excluding hydrogens is 394 g/mol. The van der Waals surface area contributed by atoms with E-state index >= 15 is 0 Å². The number of ether oxygens (including phenoxy) is 2. The lowest BCUT2D eigenvalue weighted by Gasteiger charge is -2.29. The lowest BCUT2D eigenvalue weighted by molar-refractivity contribution is 0.0721. The number of amides is 1. The molecule has 3 heterocycles. The number of likely N-dealkylation sites (tertiary alicyclic amines) is 1. The summed E-state index contributed by atoms with van der Waals surface area (Å²) >= 11 is 0. The van der Waals surface area contributed by atoms with Crippen molar-refractivity contribution >= 4 is 15.9 Å². The Morgan fingerprint density at radius 2 is 1.97 bits per heavy atom. The smallest absolute Gasteiger partial charge is 0.271 e. The van der Waals surface area contributed by atoms with Crippen LogP contribution >= 0.6 is 0 Å². The van der Waals surface area contributed by atoms with Gasteiger partial charge in [0.15, 0.2) is 11.5 Å². The number of benzene rings is 1. The van der Waals surface area contributed by atoms with E-state index in [-0.39, 0.29) is 16.8 Å². The standard InChI is InChI=1S/C20H25N3O5S/c1-21(2)29(25,26)14-12-17(22(3)13-14)20(24)23-9-5-7-16(23)15-6-4-8-18-19(15)28-11-10-27-18/h4,6,8,12-13,16H,5,7,9-11H2,1-3H3. The number of carbonyl (C=O) groups is 1. The molecule has 1 saturated heterocycles. The van der Waals surface area contributed by atoms with Crippen LogP contribution in [0.4, 0.5) is 0 Å². The van der Waals surface area contributed by atoms with E-state index in [1.807, 2.05) is 18.2 Å². The Morgan fingerprint density at radius 3 is 2.72 bits per heavy atom. The van der Waals surface area contributed by atoms with Crippen LogP contribution in [-0.4, -0.2) is 62.0 Å². The van der Waals surface area contributed by atoms with Crippen LogP contribution in [0.2, 0.25) is 0 Å². The van der Waals surface area contributed by atoms with Crippen molar-refractivity contribution in [1.29, 1.82) is 0 Å². The Morgan fingerprint density at radius 1 is 1.21 bits per heavy atom. The van der Waals surface area contributed by atoms with Gasteiger partial charge in [0.25, 0.3) is 5.91 Å². The summed E-state index contributed by atoms with van der Waals surface area (Å²) in [5, 5.41) is 0. The van der Waals surface area contributed by atoms with Gasteiger partial charge in [-0.05, 0) is 25.0 Å². The third-order valence-corrected chi connectivity index (χ3v) is 7.23. The van der Waals surface area contributed by atoms with E-state index in [9.17, 15) is 13.2 Å². The van der Waals surface area contributed by atoms with Crippen LogP contribution in [-0.2, 0) is 17.1 Å². The van der Waals surface area contributed by atoms with Crippen molar-refractivity contribution in [3.05, 3.63) is 41.7 Å². The summed E-state index contributed by atoms with van der Waals surface area (Å²) in [6.07, 6.45) is 3.17. The molecule has 1 aromatic carbocycles. The minimum absolute atomic E-state index is 0.109. The first-order valence-corrected chi connectivity index (χ1v) is 11.0. The van der Waals surface area contributed by atoms with E-state index in [2.05, 4.69) is 0 Å². The number of aryl methyl sites for hydroxylation is 1. The second-order valence-electron chi connectivity index (χ2n) is 7.49. The first kappa shape index (κ1) is 19.8. The van der Waals surface area contributed by atoms with Gasteiger partial charge in [-0.3, -0.25) is 4.79 Å². The lowest BCUT2D eigenvalue weighted by atomic mass is 10.0. The number of hydrogen-bond acceptors (Lipinski definition) is 5. The summed E-state index contributed by atoms with van der Waals surface area (Å²) in [6.45, 7) is 1.60. The topological polar surface area (TPSA) is 81.1 Å². The zero-order valence-corrected chi connectivity index (χ0v) is 17.6. The van der Waals surface area contributed by atoms with Gasteiger partial charge < -0.3 is 18.9 Å². The van der Waals surface area contributed by atoms with E-state index in [1.165, 1.54) is 26.4 Å². The van der Waals surface area contributed by atoms with Crippen LogP contribution in [0.1, 0.15) is 34.9 Å². The van der Waals surface area contributed by atoms with Crippen LogP contribution in [0.3, 0.4) is 0 Å². The molecule has 1 fully saturated rings. The zero-order valence-electron chi connectivity index (χ0n) is 16.8. The summed E-state index contributed by atoms with van der Waals surface area (Å²) in [5.74, 6) is 1.21. The monoisotopic (exact) mass is 419 g/mol. The summed E-state index contributed by atoms with van der Waals surface area (Å²) < 4.78 is 39.1. The highest BCUT2D eigenvalue weighted by Gasteiger charge is 2.35. The third kappa shape index (κ3) is 3.38. The van der Waals surface area contributed by atoms with Gasteiger partial charge in [0.2, 0.25) is 10.0 Å². The quantitative estimate of drug-likeness (QED) is 0.757. The highest BCUT2D eigenvalue weighted by molar-refractivity contribution is 7.89. The molecule has 0 spiro atoms. The maximum atomic E-state index is 13.4. The maximum absolute atomic E-state index is 13.4. The van der Waals surface area contributed by atoms with Gasteiger partial charge in [-0.25, -0.2) is 12.7 Å². The molecule has 0 aliphatic carbocycles. The number of para-hydroxylation sites is 1. The molecule has 1 unspecified atom stereocenters. The van der Waals surface area contributed by atoms with E-state index in [1.54, 1.807) is 16.5 Å². The predicted molar refractivity (Wildman–Crippen MR) is 107 cm³/mol. The van der Waals surface area contributed by atoms with Crippen LogP contribution in [0.15, 0.2) is 35.4 Å². The maximum Gasteiger partial charge on any atom is 0.271 e. The van der Waals surface area contributed by atoms with Crippen molar-refractivity contribution in [2.24, 2.45) is 7.05 Å². The van der Waals surface area contributed by atoms with Crippen molar-refractivity contribution in [3.8, 4) is 11.5 Å². The van der Waals surface area contributed by atoms with Crippen molar-refractivity contribution in [3.63, 3.8) is 0 Å². The number of sulfonamides is 1. The largest absolute Gasteiger partial charge is 0.486 e. The van der Waals surface area contributed by atoms with E-state index in [0.29, 0.717) is 37.0 Å². The Labute approximate surface area is 170 Å².